The van der Waals surface area contributed by atoms with E-state index in [4.69, 9.17) is 23.2 Å². The number of hydrogen-bond acceptors (Lipinski definition) is 2. The Kier molecular flexibility index (Phi) is 4.89. The Morgan fingerprint density at radius 2 is 1.52 bits per heavy atom. The van der Waals surface area contributed by atoms with Crippen molar-refractivity contribution in [3.63, 3.8) is 0 Å². The molecule has 2 N–H and O–H groups in total. The Hall–Kier alpha value is -3.15. The molecule has 0 saturated carbocycles. The fourth-order valence-corrected chi connectivity index (χ4v) is 4.94. The van der Waals surface area contributed by atoms with Crippen molar-refractivity contribution >= 4 is 67.7 Å². The third kappa shape index (κ3) is 3.26. The van der Waals surface area contributed by atoms with Gasteiger partial charge in [-0.2, -0.15) is 0 Å². The van der Waals surface area contributed by atoms with Crippen LogP contribution in [0.5, 0.6) is 0 Å². The molecule has 7 heteroatoms. The van der Waals surface area contributed by atoms with E-state index in [9.17, 15) is 14.0 Å². The zero-order valence-electron chi connectivity index (χ0n) is 18.1. The normalized spacial score (nSPS) is 15.5. The number of H-pyrrole nitrogens is 2. The standard InChI is InChI=1S/C26H19Cl2FN2O2/c1-26(2,3)25-18(14-6-4-5-7-16(14)31-25)20-22(28)23(32)19(21(27)24(20)33)15-11-30-17-10-12(29)8-9-13(15)17/h4-11,30-31H,1-3H3. The predicted molar refractivity (Wildman–Crippen MR) is 131 cm³/mol. The van der Waals surface area contributed by atoms with Gasteiger partial charge in [0, 0.05) is 50.2 Å². The van der Waals surface area contributed by atoms with Gasteiger partial charge >= 0.3 is 0 Å². The zero-order valence-corrected chi connectivity index (χ0v) is 19.6. The molecule has 0 spiro atoms. The van der Waals surface area contributed by atoms with Gasteiger partial charge in [0.1, 0.15) is 15.9 Å². The van der Waals surface area contributed by atoms with Crippen LogP contribution in [0, 0.1) is 5.82 Å². The number of benzene rings is 2. The summed E-state index contributed by atoms with van der Waals surface area (Å²) >= 11 is 13.2. The highest BCUT2D eigenvalue weighted by molar-refractivity contribution is 6.68. The molecule has 1 aliphatic rings. The fourth-order valence-electron chi connectivity index (χ4n) is 4.38. The molecule has 0 saturated heterocycles. The van der Waals surface area contributed by atoms with E-state index >= 15 is 0 Å². The lowest BCUT2D eigenvalue weighted by Crippen LogP contribution is -2.21. The number of aromatic nitrogens is 2. The van der Waals surface area contributed by atoms with Gasteiger partial charge in [0.25, 0.3) is 0 Å². The lowest BCUT2D eigenvalue weighted by molar-refractivity contribution is -0.113. The molecule has 4 aromatic rings. The van der Waals surface area contributed by atoms with Gasteiger partial charge in [-0.05, 0) is 24.3 Å². The van der Waals surface area contributed by atoms with E-state index in [0.717, 1.165) is 16.6 Å². The van der Waals surface area contributed by atoms with E-state index in [1.807, 2.05) is 45.0 Å². The van der Waals surface area contributed by atoms with Gasteiger partial charge in [-0.15, -0.1) is 0 Å². The number of hydrogen-bond donors (Lipinski definition) is 2. The first-order valence-corrected chi connectivity index (χ1v) is 11.1. The van der Waals surface area contributed by atoms with E-state index in [2.05, 4.69) is 9.97 Å². The monoisotopic (exact) mass is 480 g/mol. The quantitative estimate of drug-likeness (QED) is 0.308. The smallest absolute Gasteiger partial charge is 0.207 e. The minimum atomic E-state index is -0.549. The number of Topliss-reactive ketones (excluding diaryl/α,β-unsaturated/α-hetero) is 2. The van der Waals surface area contributed by atoms with Gasteiger partial charge in [-0.25, -0.2) is 4.39 Å². The lowest BCUT2D eigenvalue weighted by atomic mass is 9.82. The number of fused-ring (bicyclic) bond motifs is 2. The van der Waals surface area contributed by atoms with Crippen molar-refractivity contribution in [1.82, 2.24) is 9.97 Å². The van der Waals surface area contributed by atoms with Crippen LogP contribution in [0.25, 0.3) is 33.0 Å². The molecule has 0 atom stereocenters. The molecule has 5 rings (SSSR count). The number of para-hydroxylation sites is 1. The Labute approximate surface area is 199 Å². The average Bonchev–Trinajstić information content (AvgIpc) is 3.35. The van der Waals surface area contributed by atoms with Gasteiger partial charge in [0.2, 0.25) is 11.6 Å². The fraction of sp³-hybridized carbons (Fsp3) is 0.154. The minimum Gasteiger partial charge on any atom is -0.360 e. The third-order valence-corrected chi connectivity index (χ3v) is 6.63. The molecule has 0 fully saturated rings. The zero-order chi connectivity index (χ0) is 23.7. The maximum atomic E-state index is 13.6. The highest BCUT2D eigenvalue weighted by Gasteiger charge is 2.38. The molecular weight excluding hydrogens is 462 g/mol. The molecule has 0 amide bonds. The van der Waals surface area contributed by atoms with Crippen LogP contribution in [0.1, 0.15) is 37.6 Å². The molecule has 2 aromatic heterocycles. The molecule has 2 heterocycles. The summed E-state index contributed by atoms with van der Waals surface area (Å²) < 4.78 is 13.6. The predicted octanol–water partition coefficient (Wildman–Crippen LogP) is 6.84. The van der Waals surface area contributed by atoms with Crippen LogP contribution in [-0.2, 0) is 15.0 Å². The molecule has 4 nitrogen and oxygen atoms in total. The number of aromatic amines is 2. The first-order valence-electron chi connectivity index (χ1n) is 10.4. The van der Waals surface area contributed by atoms with Gasteiger partial charge in [-0.1, -0.05) is 62.2 Å². The minimum absolute atomic E-state index is 0.00502. The maximum Gasteiger partial charge on any atom is 0.207 e. The topological polar surface area (TPSA) is 65.7 Å². The van der Waals surface area contributed by atoms with Crippen molar-refractivity contribution in [1.29, 1.82) is 0 Å². The van der Waals surface area contributed by atoms with Crippen LogP contribution >= 0.6 is 23.2 Å². The van der Waals surface area contributed by atoms with Gasteiger partial charge < -0.3 is 9.97 Å². The van der Waals surface area contributed by atoms with E-state index in [-0.39, 0.29) is 26.6 Å². The number of rotatable bonds is 2. The first kappa shape index (κ1) is 21.7. The molecule has 0 radical (unpaired) electrons. The van der Waals surface area contributed by atoms with Crippen LogP contribution in [0.3, 0.4) is 0 Å². The van der Waals surface area contributed by atoms with Crippen LogP contribution < -0.4 is 0 Å². The van der Waals surface area contributed by atoms with Crippen LogP contribution in [0.4, 0.5) is 4.39 Å². The summed E-state index contributed by atoms with van der Waals surface area (Å²) in [6.07, 6.45) is 1.54. The summed E-state index contributed by atoms with van der Waals surface area (Å²) in [6.45, 7) is 6.04. The number of ketones is 2. The van der Waals surface area contributed by atoms with Crippen molar-refractivity contribution in [2.75, 3.05) is 0 Å². The maximum absolute atomic E-state index is 13.6. The second-order valence-electron chi connectivity index (χ2n) is 9.10. The highest BCUT2D eigenvalue weighted by atomic mass is 35.5. The number of halogens is 3. The Balaban J connectivity index is 1.75. The first-order chi connectivity index (χ1) is 15.6. The van der Waals surface area contributed by atoms with Crippen molar-refractivity contribution in [3.8, 4) is 0 Å². The summed E-state index contributed by atoms with van der Waals surface area (Å²) in [7, 11) is 0. The van der Waals surface area contributed by atoms with Gasteiger partial charge in [0.05, 0.1) is 11.1 Å². The molecular formula is C26H19Cl2FN2O2. The number of nitrogens with one attached hydrogen (secondary N) is 2. The Morgan fingerprint density at radius 1 is 0.848 bits per heavy atom. The largest absolute Gasteiger partial charge is 0.360 e. The molecule has 33 heavy (non-hydrogen) atoms. The molecule has 0 aliphatic heterocycles. The van der Waals surface area contributed by atoms with Crippen molar-refractivity contribution in [2.45, 2.75) is 26.2 Å². The van der Waals surface area contributed by atoms with Crippen molar-refractivity contribution in [2.24, 2.45) is 0 Å². The van der Waals surface area contributed by atoms with Crippen molar-refractivity contribution in [3.05, 3.63) is 81.4 Å². The lowest BCUT2D eigenvalue weighted by Gasteiger charge is -2.23. The molecule has 0 unspecified atom stereocenters. The van der Waals surface area contributed by atoms with E-state index in [1.54, 1.807) is 0 Å². The average molecular weight is 481 g/mol. The summed E-state index contributed by atoms with van der Waals surface area (Å²) in [5, 5.41) is 0.953. The highest BCUT2D eigenvalue weighted by Crippen LogP contribution is 2.45. The SMILES string of the molecule is CC(C)(C)c1[nH]c2ccccc2c1C1=C(Cl)C(=O)C(c2c[nH]c3cc(F)ccc23)=C(Cl)C1=O. The number of carbonyl (C=O) groups is 2. The summed E-state index contributed by atoms with van der Waals surface area (Å²) in [4.78, 5) is 33.5. The molecule has 1 aliphatic carbocycles. The van der Waals surface area contributed by atoms with Crippen molar-refractivity contribution < 1.29 is 14.0 Å². The second-order valence-corrected chi connectivity index (χ2v) is 9.85. The molecule has 2 aromatic carbocycles. The number of allylic oxidation sites excluding steroid dienone is 4. The Morgan fingerprint density at radius 3 is 2.24 bits per heavy atom. The van der Waals surface area contributed by atoms with E-state index in [1.165, 1.54) is 24.4 Å². The van der Waals surface area contributed by atoms with E-state index in [0.29, 0.717) is 22.0 Å². The van der Waals surface area contributed by atoms with Crippen LogP contribution in [0.2, 0.25) is 0 Å². The third-order valence-electron chi connectivity index (χ3n) is 5.91. The molecule has 0 bridgehead atoms. The summed E-state index contributed by atoms with van der Waals surface area (Å²) in [5.74, 6) is -1.49. The van der Waals surface area contributed by atoms with Gasteiger partial charge in [-0.3, -0.25) is 9.59 Å². The van der Waals surface area contributed by atoms with E-state index < -0.39 is 17.4 Å². The second kappa shape index (κ2) is 7.44. The summed E-state index contributed by atoms with van der Waals surface area (Å²) in [5.41, 5.74) is 2.82. The van der Waals surface area contributed by atoms with Crippen LogP contribution in [0.15, 0.2) is 58.7 Å². The molecule has 166 valence electrons. The Bertz CT molecular complexity index is 1560. The van der Waals surface area contributed by atoms with Crippen LogP contribution in [-0.4, -0.2) is 21.5 Å². The summed E-state index contributed by atoms with van der Waals surface area (Å²) in [6, 6.07) is 11.7. The van der Waals surface area contributed by atoms with Gasteiger partial charge in [0.15, 0.2) is 0 Å². The number of carbonyl (C=O) groups excluding carboxylic acids is 2.